The molecule has 0 fully saturated rings. The van der Waals surface area contributed by atoms with Crippen LogP contribution < -0.4 is 5.32 Å². The second-order valence-corrected chi connectivity index (χ2v) is 5.64. The second kappa shape index (κ2) is 7.95. The normalized spacial score (nSPS) is 10.9. The molecule has 0 bridgehead atoms. The fraction of sp³-hybridized carbons (Fsp3) is 0.200. The predicted molar refractivity (Wildman–Crippen MR) is 95.8 cm³/mol. The molecule has 0 heterocycles. The number of nitro benzene ring substituents is 3. The Morgan fingerprint density at radius 3 is 2.07 bits per heavy atom. The quantitative estimate of drug-likeness (QED) is 0.418. The Bertz CT molecular complexity index is 942. The first-order valence-corrected chi connectivity index (χ1v) is 7.58. The summed E-state index contributed by atoms with van der Waals surface area (Å²) < 4.78 is 0. The Balaban J connectivity index is 2.40. The molecule has 0 spiro atoms. The van der Waals surface area contributed by atoms with Crippen LogP contribution in [0.4, 0.5) is 34.1 Å². The second-order valence-electron chi connectivity index (χ2n) is 5.64. The molecule has 0 aliphatic carbocycles. The Morgan fingerprint density at radius 1 is 0.852 bits per heavy atom. The summed E-state index contributed by atoms with van der Waals surface area (Å²) in [7, 11) is 0. The van der Waals surface area contributed by atoms with Gasteiger partial charge in [-0.05, 0) is 32.0 Å². The molecule has 0 saturated carbocycles. The fourth-order valence-electron chi connectivity index (χ4n) is 2.13. The van der Waals surface area contributed by atoms with Gasteiger partial charge in [0, 0.05) is 18.2 Å². The van der Waals surface area contributed by atoms with E-state index in [1.54, 1.807) is 0 Å². The number of hydrogen-bond acceptors (Lipinski definition) is 9. The number of azo groups is 1. The smallest absolute Gasteiger partial charge is 0.303 e. The van der Waals surface area contributed by atoms with Crippen LogP contribution in [0, 0.1) is 30.3 Å². The summed E-state index contributed by atoms with van der Waals surface area (Å²) in [6.45, 7) is 3.65. The fourth-order valence-corrected chi connectivity index (χ4v) is 2.13. The number of benzene rings is 2. The molecule has 0 saturated heterocycles. The maximum Gasteiger partial charge on any atom is 0.303 e. The number of nitrogens with one attached hydrogen (secondary N) is 1. The topological polar surface area (TPSA) is 166 Å². The summed E-state index contributed by atoms with van der Waals surface area (Å²) >= 11 is 0. The van der Waals surface area contributed by atoms with Crippen LogP contribution in [-0.4, -0.2) is 20.8 Å². The van der Waals surface area contributed by atoms with Crippen molar-refractivity contribution in [1.29, 1.82) is 0 Å². The minimum atomic E-state index is -0.820. The zero-order valence-corrected chi connectivity index (χ0v) is 14.2. The predicted octanol–water partition coefficient (Wildman–Crippen LogP) is 4.65. The van der Waals surface area contributed by atoms with E-state index in [1.807, 2.05) is 13.8 Å². The van der Waals surface area contributed by atoms with Crippen molar-refractivity contribution >= 4 is 34.1 Å². The SMILES string of the molecule is CC(C)Nc1ccc(N=Nc2ccc([N+](=O)[O-])cc2[N+](=O)[O-])cc1[N+](=O)[O-]. The number of nitro groups is 3. The highest BCUT2D eigenvalue weighted by atomic mass is 16.6. The molecule has 0 unspecified atom stereocenters. The number of rotatable bonds is 7. The third kappa shape index (κ3) is 4.78. The molecule has 0 amide bonds. The van der Waals surface area contributed by atoms with E-state index in [0.29, 0.717) is 5.69 Å². The first kappa shape index (κ1) is 19.4. The summed E-state index contributed by atoms with van der Waals surface area (Å²) in [6.07, 6.45) is 0. The van der Waals surface area contributed by atoms with Crippen molar-refractivity contribution in [2.24, 2.45) is 10.2 Å². The van der Waals surface area contributed by atoms with E-state index >= 15 is 0 Å². The van der Waals surface area contributed by atoms with Crippen molar-refractivity contribution < 1.29 is 14.8 Å². The molecule has 140 valence electrons. The Hall–Kier alpha value is -3.96. The Morgan fingerprint density at radius 2 is 1.52 bits per heavy atom. The van der Waals surface area contributed by atoms with Crippen molar-refractivity contribution in [3.8, 4) is 0 Å². The van der Waals surface area contributed by atoms with Gasteiger partial charge in [-0.25, -0.2) is 0 Å². The van der Waals surface area contributed by atoms with Crippen molar-refractivity contribution in [2.45, 2.75) is 19.9 Å². The van der Waals surface area contributed by atoms with Gasteiger partial charge in [0.25, 0.3) is 11.4 Å². The molecule has 1 N–H and O–H groups in total. The van der Waals surface area contributed by atoms with Crippen molar-refractivity contribution in [2.75, 3.05) is 5.32 Å². The molecular weight excluding hydrogens is 360 g/mol. The highest BCUT2D eigenvalue weighted by Crippen LogP contribution is 2.34. The van der Waals surface area contributed by atoms with Gasteiger partial charge >= 0.3 is 5.69 Å². The zero-order valence-electron chi connectivity index (χ0n) is 14.2. The largest absolute Gasteiger partial charge is 0.377 e. The molecule has 0 aromatic heterocycles. The van der Waals surface area contributed by atoms with E-state index in [-0.39, 0.29) is 23.1 Å². The molecule has 0 aliphatic heterocycles. The van der Waals surface area contributed by atoms with Crippen LogP contribution >= 0.6 is 0 Å². The number of hydrogen-bond donors (Lipinski definition) is 1. The summed E-state index contributed by atoms with van der Waals surface area (Å²) in [5, 5.41) is 43.4. The molecule has 0 aliphatic rings. The van der Waals surface area contributed by atoms with Crippen LogP contribution in [0.15, 0.2) is 46.6 Å². The van der Waals surface area contributed by atoms with E-state index in [2.05, 4.69) is 15.5 Å². The van der Waals surface area contributed by atoms with Crippen molar-refractivity contribution in [3.05, 3.63) is 66.7 Å². The van der Waals surface area contributed by atoms with E-state index in [9.17, 15) is 30.3 Å². The summed E-state index contributed by atoms with van der Waals surface area (Å²) in [4.78, 5) is 30.9. The third-order valence-corrected chi connectivity index (χ3v) is 3.26. The maximum absolute atomic E-state index is 11.2. The van der Waals surface area contributed by atoms with Crippen LogP contribution in [0.2, 0.25) is 0 Å². The molecule has 12 heteroatoms. The van der Waals surface area contributed by atoms with Gasteiger partial charge in [0.2, 0.25) is 0 Å². The lowest BCUT2D eigenvalue weighted by Gasteiger charge is -2.10. The lowest BCUT2D eigenvalue weighted by Crippen LogP contribution is -2.11. The third-order valence-electron chi connectivity index (χ3n) is 3.26. The van der Waals surface area contributed by atoms with Crippen LogP contribution in [-0.2, 0) is 0 Å². The highest BCUT2D eigenvalue weighted by molar-refractivity contribution is 5.67. The zero-order chi connectivity index (χ0) is 20.1. The van der Waals surface area contributed by atoms with Crippen molar-refractivity contribution in [3.63, 3.8) is 0 Å². The number of nitrogens with zero attached hydrogens (tertiary/aromatic N) is 5. The van der Waals surface area contributed by atoms with Gasteiger partial charge in [0.1, 0.15) is 5.69 Å². The molecule has 27 heavy (non-hydrogen) atoms. The molecule has 2 aromatic carbocycles. The number of non-ortho nitro benzene ring substituents is 1. The van der Waals surface area contributed by atoms with E-state index in [1.165, 1.54) is 18.2 Å². The molecule has 0 radical (unpaired) electrons. The average molecular weight is 374 g/mol. The van der Waals surface area contributed by atoms with Gasteiger partial charge in [0.05, 0.1) is 26.5 Å². The van der Waals surface area contributed by atoms with Crippen LogP contribution in [0.5, 0.6) is 0 Å². The Labute approximate surface area is 152 Å². The highest BCUT2D eigenvalue weighted by Gasteiger charge is 2.20. The molecular formula is C15H14N6O6. The molecule has 2 rings (SSSR count). The van der Waals surface area contributed by atoms with Crippen LogP contribution in [0.25, 0.3) is 0 Å². The molecule has 12 nitrogen and oxygen atoms in total. The monoisotopic (exact) mass is 374 g/mol. The minimum absolute atomic E-state index is 0.0288. The van der Waals surface area contributed by atoms with Gasteiger partial charge in [-0.2, -0.15) is 5.11 Å². The van der Waals surface area contributed by atoms with Crippen molar-refractivity contribution in [1.82, 2.24) is 0 Å². The van der Waals surface area contributed by atoms with Gasteiger partial charge < -0.3 is 5.32 Å². The number of anilines is 1. The van der Waals surface area contributed by atoms with E-state index in [0.717, 1.165) is 18.2 Å². The standard InChI is InChI=1S/C15H14N6O6/c1-9(2)16-12-5-3-10(7-14(12)20(24)25)17-18-13-6-4-11(19(22)23)8-15(13)21(26)27/h3-9,16H,1-2H3. The average Bonchev–Trinajstić information content (AvgIpc) is 2.59. The van der Waals surface area contributed by atoms with Crippen LogP contribution in [0.1, 0.15) is 13.8 Å². The molecule has 2 aromatic rings. The van der Waals surface area contributed by atoms with Crippen LogP contribution in [0.3, 0.4) is 0 Å². The van der Waals surface area contributed by atoms with Gasteiger partial charge in [-0.1, -0.05) is 0 Å². The van der Waals surface area contributed by atoms with E-state index in [4.69, 9.17) is 0 Å². The first-order valence-electron chi connectivity index (χ1n) is 7.58. The minimum Gasteiger partial charge on any atom is -0.377 e. The summed E-state index contributed by atoms with van der Waals surface area (Å²) in [5.74, 6) is 0. The lowest BCUT2D eigenvalue weighted by atomic mass is 10.2. The first-order chi connectivity index (χ1) is 12.7. The summed E-state index contributed by atoms with van der Waals surface area (Å²) in [6, 6.07) is 6.97. The van der Waals surface area contributed by atoms with Gasteiger partial charge in [-0.3, -0.25) is 30.3 Å². The summed E-state index contributed by atoms with van der Waals surface area (Å²) in [5.41, 5.74) is -1.09. The maximum atomic E-state index is 11.2. The van der Waals surface area contributed by atoms with Gasteiger partial charge in [0.15, 0.2) is 5.69 Å². The Kier molecular flexibility index (Phi) is 5.70. The lowest BCUT2D eigenvalue weighted by molar-refractivity contribution is -0.393. The molecule has 0 atom stereocenters. The van der Waals surface area contributed by atoms with E-state index < -0.39 is 26.1 Å². The van der Waals surface area contributed by atoms with Gasteiger partial charge in [-0.15, -0.1) is 5.11 Å².